The SMILES string of the molecule is c1cc(N[C@@H]2CCNC2)ncn1. The number of anilines is 1. The summed E-state index contributed by atoms with van der Waals surface area (Å²) >= 11 is 0. The Balaban J connectivity index is 1.94. The third-order valence-corrected chi connectivity index (χ3v) is 1.99. The van der Waals surface area contributed by atoms with Crippen LogP contribution in [0.1, 0.15) is 6.42 Å². The summed E-state index contributed by atoms with van der Waals surface area (Å²) in [6, 6.07) is 2.41. The standard InChI is InChI=1S/C8H12N4/c1-3-9-5-7(1)12-8-2-4-10-6-11-8/h2,4,6-7,9H,1,3,5H2,(H,10,11,12)/t7-/m1/s1. The monoisotopic (exact) mass is 164 g/mol. The minimum absolute atomic E-state index is 0.528. The third-order valence-electron chi connectivity index (χ3n) is 1.99. The molecular formula is C8H12N4. The van der Waals surface area contributed by atoms with Crippen LogP contribution < -0.4 is 10.6 Å². The molecule has 12 heavy (non-hydrogen) atoms. The van der Waals surface area contributed by atoms with Crippen molar-refractivity contribution in [2.45, 2.75) is 12.5 Å². The minimum Gasteiger partial charge on any atom is -0.366 e. The molecule has 2 heterocycles. The highest BCUT2D eigenvalue weighted by atomic mass is 15.1. The molecule has 4 heteroatoms. The van der Waals surface area contributed by atoms with Gasteiger partial charge >= 0.3 is 0 Å². The number of aromatic nitrogens is 2. The molecule has 64 valence electrons. The second kappa shape index (κ2) is 3.49. The molecular weight excluding hydrogens is 152 g/mol. The van der Waals surface area contributed by atoms with Crippen LogP contribution in [0.25, 0.3) is 0 Å². The van der Waals surface area contributed by atoms with Crippen molar-refractivity contribution in [1.82, 2.24) is 15.3 Å². The van der Waals surface area contributed by atoms with Gasteiger partial charge in [-0.15, -0.1) is 0 Å². The summed E-state index contributed by atoms with van der Waals surface area (Å²) in [5.74, 6) is 0.915. The van der Waals surface area contributed by atoms with Crippen LogP contribution in [0.15, 0.2) is 18.6 Å². The molecule has 2 N–H and O–H groups in total. The molecule has 2 rings (SSSR count). The first-order chi connectivity index (χ1) is 5.95. The fraction of sp³-hybridized carbons (Fsp3) is 0.500. The quantitative estimate of drug-likeness (QED) is 0.658. The number of rotatable bonds is 2. The fourth-order valence-electron chi connectivity index (χ4n) is 1.36. The highest BCUT2D eigenvalue weighted by Crippen LogP contribution is 2.06. The molecule has 0 aromatic carbocycles. The smallest absolute Gasteiger partial charge is 0.129 e. The summed E-state index contributed by atoms with van der Waals surface area (Å²) in [5, 5.41) is 6.61. The summed E-state index contributed by atoms with van der Waals surface area (Å²) in [6.07, 6.45) is 4.48. The van der Waals surface area contributed by atoms with Gasteiger partial charge in [0.2, 0.25) is 0 Å². The lowest BCUT2D eigenvalue weighted by Crippen LogP contribution is -2.22. The lowest BCUT2D eigenvalue weighted by molar-refractivity contribution is 0.787. The maximum Gasteiger partial charge on any atom is 0.129 e. The van der Waals surface area contributed by atoms with Crippen LogP contribution in [0.4, 0.5) is 5.82 Å². The average molecular weight is 164 g/mol. The second-order valence-corrected chi connectivity index (χ2v) is 2.93. The predicted molar refractivity (Wildman–Crippen MR) is 46.9 cm³/mol. The molecule has 0 amide bonds. The van der Waals surface area contributed by atoms with Gasteiger partial charge in [0, 0.05) is 18.8 Å². The summed E-state index contributed by atoms with van der Waals surface area (Å²) in [5.41, 5.74) is 0. The molecule has 0 radical (unpaired) electrons. The zero-order valence-electron chi connectivity index (χ0n) is 6.83. The first kappa shape index (κ1) is 7.49. The summed E-state index contributed by atoms with van der Waals surface area (Å²) in [6.45, 7) is 2.13. The van der Waals surface area contributed by atoms with E-state index in [9.17, 15) is 0 Å². The molecule has 1 atom stereocenters. The van der Waals surface area contributed by atoms with Gasteiger partial charge in [-0.3, -0.25) is 0 Å². The maximum atomic E-state index is 4.09. The van der Waals surface area contributed by atoms with E-state index in [1.165, 1.54) is 6.42 Å². The Bertz CT molecular complexity index is 230. The van der Waals surface area contributed by atoms with Crippen molar-refractivity contribution in [3.05, 3.63) is 18.6 Å². The molecule has 1 saturated heterocycles. The first-order valence-corrected chi connectivity index (χ1v) is 4.18. The number of hydrogen-bond donors (Lipinski definition) is 2. The highest BCUT2D eigenvalue weighted by molar-refractivity contribution is 5.33. The molecule has 0 bridgehead atoms. The van der Waals surface area contributed by atoms with Crippen LogP contribution in [-0.4, -0.2) is 29.1 Å². The minimum atomic E-state index is 0.528. The van der Waals surface area contributed by atoms with E-state index in [2.05, 4.69) is 20.6 Å². The highest BCUT2D eigenvalue weighted by Gasteiger charge is 2.13. The lowest BCUT2D eigenvalue weighted by atomic mass is 10.2. The zero-order chi connectivity index (χ0) is 8.23. The average Bonchev–Trinajstić information content (AvgIpc) is 2.59. The fourth-order valence-corrected chi connectivity index (χ4v) is 1.36. The van der Waals surface area contributed by atoms with Crippen molar-refractivity contribution in [2.24, 2.45) is 0 Å². The Kier molecular flexibility index (Phi) is 2.18. The van der Waals surface area contributed by atoms with E-state index >= 15 is 0 Å². The van der Waals surface area contributed by atoms with Gasteiger partial charge in [-0.25, -0.2) is 9.97 Å². The van der Waals surface area contributed by atoms with Gasteiger partial charge < -0.3 is 10.6 Å². The van der Waals surface area contributed by atoms with Crippen molar-refractivity contribution in [3.8, 4) is 0 Å². The molecule has 0 aliphatic carbocycles. The van der Waals surface area contributed by atoms with Crippen LogP contribution >= 0.6 is 0 Å². The molecule has 0 saturated carbocycles. The van der Waals surface area contributed by atoms with Gasteiger partial charge in [-0.05, 0) is 19.0 Å². The van der Waals surface area contributed by atoms with Gasteiger partial charge in [0.15, 0.2) is 0 Å². The Hall–Kier alpha value is -1.16. The molecule has 1 aliphatic rings. The molecule has 1 aliphatic heterocycles. The van der Waals surface area contributed by atoms with Gasteiger partial charge in [-0.2, -0.15) is 0 Å². The first-order valence-electron chi connectivity index (χ1n) is 4.18. The summed E-state index contributed by atoms with van der Waals surface area (Å²) in [7, 11) is 0. The van der Waals surface area contributed by atoms with Gasteiger partial charge in [0.1, 0.15) is 12.1 Å². The summed E-state index contributed by atoms with van der Waals surface area (Å²) < 4.78 is 0. The number of hydrogen-bond acceptors (Lipinski definition) is 4. The third kappa shape index (κ3) is 1.71. The zero-order valence-corrected chi connectivity index (χ0v) is 6.83. The van der Waals surface area contributed by atoms with Crippen LogP contribution in [0, 0.1) is 0 Å². The number of nitrogens with zero attached hydrogens (tertiary/aromatic N) is 2. The maximum absolute atomic E-state index is 4.09. The van der Waals surface area contributed by atoms with Gasteiger partial charge in [0.25, 0.3) is 0 Å². The topological polar surface area (TPSA) is 49.8 Å². The van der Waals surface area contributed by atoms with Crippen LogP contribution in [0.5, 0.6) is 0 Å². The van der Waals surface area contributed by atoms with E-state index < -0.39 is 0 Å². The Morgan fingerprint density at radius 3 is 3.25 bits per heavy atom. The van der Waals surface area contributed by atoms with Crippen LogP contribution in [0.2, 0.25) is 0 Å². The number of nitrogens with one attached hydrogen (secondary N) is 2. The molecule has 1 fully saturated rings. The van der Waals surface area contributed by atoms with Crippen molar-refractivity contribution in [3.63, 3.8) is 0 Å². The Labute approximate surface area is 71.4 Å². The van der Waals surface area contributed by atoms with Crippen molar-refractivity contribution in [2.75, 3.05) is 18.4 Å². The van der Waals surface area contributed by atoms with Gasteiger partial charge in [-0.1, -0.05) is 0 Å². The van der Waals surface area contributed by atoms with Crippen molar-refractivity contribution >= 4 is 5.82 Å². The Morgan fingerprint density at radius 1 is 1.58 bits per heavy atom. The van der Waals surface area contributed by atoms with Crippen LogP contribution in [0.3, 0.4) is 0 Å². The second-order valence-electron chi connectivity index (χ2n) is 2.93. The van der Waals surface area contributed by atoms with E-state index in [1.54, 1.807) is 12.5 Å². The van der Waals surface area contributed by atoms with E-state index in [0.29, 0.717) is 6.04 Å². The van der Waals surface area contributed by atoms with E-state index in [4.69, 9.17) is 0 Å². The summed E-state index contributed by atoms with van der Waals surface area (Å²) in [4.78, 5) is 7.95. The molecule has 4 nitrogen and oxygen atoms in total. The molecule has 0 unspecified atom stereocenters. The predicted octanol–water partition coefficient (Wildman–Crippen LogP) is 0.250. The largest absolute Gasteiger partial charge is 0.366 e. The van der Waals surface area contributed by atoms with Crippen LogP contribution in [-0.2, 0) is 0 Å². The molecule has 1 aromatic rings. The van der Waals surface area contributed by atoms with E-state index in [-0.39, 0.29) is 0 Å². The van der Waals surface area contributed by atoms with E-state index in [1.807, 2.05) is 6.07 Å². The van der Waals surface area contributed by atoms with Crippen molar-refractivity contribution < 1.29 is 0 Å². The van der Waals surface area contributed by atoms with Crippen molar-refractivity contribution in [1.29, 1.82) is 0 Å². The lowest BCUT2D eigenvalue weighted by Gasteiger charge is -2.10. The molecule has 0 spiro atoms. The van der Waals surface area contributed by atoms with E-state index in [0.717, 1.165) is 18.9 Å². The normalized spacial score (nSPS) is 22.5. The Morgan fingerprint density at radius 2 is 2.58 bits per heavy atom. The van der Waals surface area contributed by atoms with Gasteiger partial charge in [0.05, 0.1) is 0 Å². The molecule has 1 aromatic heterocycles.